The normalized spacial score (nSPS) is 12.2. The van der Waals surface area contributed by atoms with E-state index in [1.807, 2.05) is 6.92 Å². The third-order valence-electron chi connectivity index (χ3n) is 0.955. The van der Waals surface area contributed by atoms with E-state index in [0.717, 1.165) is 0 Å². The van der Waals surface area contributed by atoms with Crippen molar-refractivity contribution in [2.75, 3.05) is 19.8 Å². The SMILES string of the molecule is CCOC(CO)CN=[N+]=[N-]. The van der Waals surface area contributed by atoms with Gasteiger partial charge < -0.3 is 9.84 Å². The van der Waals surface area contributed by atoms with Gasteiger partial charge in [-0.25, -0.2) is 0 Å². The van der Waals surface area contributed by atoms with Crippen LogP contribution in [0.5, 0.6) is 0 Å². The van der Waals surface area contributed by atoms with E-state index in [4.69, 9.17) is 15.4 Å². The van der Waals surface area contributed by atoms with Crippen LogP contribution in [0, 0.1) is 0 Å². The van der Waals surface area contributed by atoms with Crippen LogP contribution < -0.4 is 0 Å². The molecule has 0 saturated carbocycles. The highest BCUT2D eigenvalue weighted by Crippen LogP contribution is 1.91. The molecule has 1 atom stereocenters. The quantitative estimate of drug-likeness (QED) is 0.351. The lowest BCUT2D eigenvalue weighted by molar-refractivity contribution is 0.0262. The van der Waals surface area contributed by atoms with Gasteiger partial charge in [-0.1, -0.05) is 5.11 Å². The summed E-state index contributed by atoms with van der Waals surface area (Å²) in [6.07, 6.45) is -0.346. The second-order valence-electron chi connectivity index (χ2n) is 1.67. The second-order valence-corrected chi connectivity index (χ2v) is 1.67. The molecular formula is C5H11N3O2. The van der Waals surface area contributed by atoms with E-state index in [-0.39, 0.29) is 19.3 Å². The molecule has 0 amide bonds. The van der Waals surface area contributed by atoms with Crippen LogP contribution >= 0.6 is 0 Å². The molecule has 58 valence electrons. The molecular weight excluding hydrogens is 134 g/mol. The van der Waals surface area contributed by atoms with Gasteiger partial charge in [0.2, 0.25) is 0 Å². The Morgan fingerprint density at radius 2 is 2.50 bits per heavy atom. The van der Waals surface area contributed by atoms with Crippen molar-refractivity contribution >= 4 is 0 Å². The zero-order chi connectivity index (χ0) is 7.82. The molecule has 0 bridgehead atoms. The highest BCUT2D eigenvalue weighted by molar-refractivity contribution is 4.59. The summed E-state index contributed by atoms with van der Waals surface area (Å²) in [7, 11) is 0. The second kappa shape index (κ2) is 6.35. The fourth-order valence-electron chi connectivity index (χ4n) is 0.526. The first-order chi connectivity index (χ1) is 4.85. The van der Waals surface area contributed by atoms with E-state index in [1.54, 1.807) is 0 Å². The van der Waals surface area contributed by atoms with Crippen molar-refractivity contribution in [2.45, 2.75) is 13.0 Å². The Hall–Kier alpha value is -0.770. The molecule has 0 rings (SSSR count). The highest BCUT2D eigenvalue weighted by atomic mass is 16.5. The van der Waals surface area contributed by atoms with Gasteiger partial charge in [-0.15, -0.1) is 0 Å². The van der Waals surface area contributed by atoms with Crippen molar-refractivity contribution in [2.24, 2.45) is 5.11 Å². The fourth-order valence-corrected chi connectivity index (χ4v) is 0.526. The van der Waals surface area contributed by atoms with Gasteiger partial charge in [0.15, 0.2) is 0 Å². The molecule has 1 N–H and O–H groups in total. The maximum Gasteiger partial charge on any atom is 0.0861 e. The first kappa shape index (κ1) is 9.23. The van der Waals surface area contributed by atoms with Crippen LogP contribution in [-0.4, -0.2) is 31.0 Å². The Morgan fingerprint density at radius 1 is 1.80 bits per heavy atom. The fraction of sp³-hybridized carbons (Fsp3) is 1.00. The summed E-state index contributed by atoms with van der Waals surface area (Å²) in [6.45, 7) is 2.43. The van der Waals surface area contributed by atoms with E-state index < -0.39 is 0 Å². The molecule has 5 nitrogen and oxygen atoms in total. The van der Waals surface area contributed by atoms with E-state index >= 15 is 0 Å². The maximum absolute atomic E-state index is 8.58. The van der Waals surface area contributed by atoms with Gasteiger partial charge in [-0.05, 0) is 12.5 Å². The Bertz CT molecular complexity index is 122. The zero-order valence-electron chi connectivity index (χ0n) is 5.90. The minimum Gasteiger partial charge on any atom is -0.394 e. The van der Waals surface area contributed by atoms with E-state index in [1.165, 1.54) is 0 Å². The summed E-state index contributed by atoms with van der Waals surface area (Å²) < 4.78 is 4.98. The standard InChI is InChI=1S/C5H11N3O2/c1-2-10-5(4-9)3-7-8-6/h5,9H,2-4H2,1H3. The first-order valence-corrected chi connectivity index (χ1v) is 3.08. The number of azide groups is 1. The van der Waals surface area contributed by atoms with Crippen LogP contribution in [0.1, 0.15) is 6.92 Å². The zero-order valence-corrected chi connectivity index (χ0v) is 5.90. The lowest BCUT2D eigenvalue weighted by Gasteiger charge is -2.09. The van der Waals surface area contributed by atoms with Crippen molar-refractivity contribution < 1.29 is 9.84 Å². The third-order valence-corrected chi connectivity index (χ3v) is 0.955. The predicted molar refractivity (Wildman–Crippen MR) is 36.5 cm³/mol. The molecule has 0 heterocycles. The molecule has 0 radical (unpaired) electrons. The van der Waals surface area contributed by atoms with Crippen molar-refractivity contribution in [3.8, 4) is 0 Å². The first-order valence-electron chi connectivity index (χ1n) is 3.08. The molecule has 0 aliphatic rings. The average Bonchev–Trinajstić information content (AvgIpc) is 1.98. The molecule has 10 heavy (non-hydrogen) atoms. The van der Waals surface area contributed by atoms with Crippen molar-refractivity contribution in [3.63, 3.8) is 0 Å². The van der Waals surface area contributed by atoms with Crippen molar-refractivity contribution in [3.05, 3.63) is 10.4 Å². The van der Waals surface area contributed by atoms with Gasteiger partial charge in [-0.2, -0.15) is 0 Å². The van der Waals surface area contributed by atoms with E-state index in [2.05, 4.69) is 10.0 Å². The molecule has 0 saturated heterocycles. The van der Waals surface area contributed by atoms with Crippen LogP contribution in [-0.2, 0) is 4.74 Å². The topological polar surface area (TPSA) is 78.2 Å². The Kier molecular flexibility index (Phi) is 5.86. The Labute approximate surface area is 59.2 Å². The lowest BCUT2D eigenvalue weighted by atomic mass is 10.4. The maximum atomic E-state index is 8.58. The van der Waals surface area contributed by atoms with Gasteiger partial charge in [-0.3, -0.25) is 0 Å². The smallest absolute Gasteiger partial charge is 0.0861 e. The summed E-state index contributed by atoms with van der Waals surface area (Å²) in [5.74, 6) is 0. The summed E-state index contributed by atoms with van der Waals surface area (Å²) in [5, 5.41) is 11.8. The number of aliphatic hydroxyl groups excluding tert-OH is 1. The van der Waals surface area contributed by atoms with Gasteiger partial charge in [0.25, 0.3) is 0 Å². The molecule has 5 heteroatoms. The number of nitrogens with zero attached hydrogens (tertiary/aromatic N) is 3. The van der Waals surface area contributed by atoms with Gasteiger partial charge >= 0.3 is 0 Å². The minimum atomic E-state index is -0.346. The summed E-state index contributed by atoms with van der Waals surface area (Å²) in [5.41, 5.74) is 7.90. The molecule has 1 unspecified atom stereocenters. The number of aliphatic hydroxyl groups is 1. The Morgan fingerprint density at radius 3 is 2.90 bits per heavy atom. The third kappa shape index (κ3) is 4.14. The number of hydrogen-bond donors (Lipinski definition) is 1. The summed E-state index contributed by atoms with van der Waals surface area (Å²) >= 11 is 0. The minimum absolute atomic E-state index is 0.104. The van der Waals surface area contributed by atoms with Crippen LogP contribution in [0.15, 0.2) is 5.11 Å². The van der Waals surface area contributed by atoms with Crippen LogP contribution in [0.3, 0.4) is 0 Å². The number of rotatable bonds is 5. The predicted octanol–water partition coefficient (Wildman–Crippen LogP) is 0.694. The summed E-state index contributed by atoms with van der Waals surface area (Å²) in [4.78, 5) is 2.54. The van der Waals surface area contributed by atoms with E-state index in [9.17, 15) is 0 Å². The monoisotopic (exact) mass is 145 g/mol. The number of hydrogen-bond acceptors (Lipinski definition) is 3. The van der Waals surface area contributed by atoms with Crippen molar-refractivity contribution in [1.82, 2.24) is 0 Å². The average molecular weight is 145 g/mol. The molecule has 0 aromatic heterocycles. The van der Waals surface area contributed by atoms with Crippen molar-refractivity contribution in [1.29, 1.82) is 0 Å². The molecule has 0 aliphatic heterocycles. The van der Waals surface area contributed by atoms with Gasteiger partial charge in [0.05, 0.1) is 19.3 Å². The lowest BCUT2D eigenvalue weighted by Crippen LogP contribution is -2.20. The van der Waals surface area contributed by atoms with Crippen LogP contribution in [0.4, 0.5) is 0 Å². The molecule has 0 spiro atoms. The van der Waals surface area contributed by atoms with Gasteiger partial charge in [0.1, 0.15) is 0 Å². The molecule has 0 aromatic carbocycles. The molecule has 0 aromatic rings. The molecule has 0 aliphatic carbocycles. The number of ether oxygens (including phenoxy) is 1. The van der Waals surface area contributed by atoms with Crippen LogP contribution in [0.25, 0.3) is 10.4 Å². The highest BCUT2D eigenvalue weighted by Gasteiger charge is 2.02. The van der Waals surface area contributed by atoms with Crippen LogP contribution in [0.2, 0.25) is 0 Å². The molecule has 0 fully saturated rings. The van der Waals surface area contributed by atoms with E-state index in [0.29, 0.717) is 6.61 Å². The Balaban J connectivity index is 3.48. The summed E-state index contributed by atoms with van der Waals surface area (Å²) in [6, 6.07) is 0. The van der Waals surface area contributed by atoms with Gasteiger partial charge in [0, 0.05) is 11.5 Å². The largest absolute Gasteiger partial charge is 0.394 e.